The smallest absolute Gasteiger partial charge is 0.184 e. The molecule has 1 fully saturated rings. The third kappa shape index (κ3) is 3.94. The lowest BCUT2D eigenvalue weighted by Crippen LogP contribution is -2.26. The summed E-state index contributed by atoms with van der Waals surface area (Å²) in [6.07, 6.45) is 9.16. The summed E-state index contributed by atoms with van der Waals surface area (Å²) in [6, 6.07) is 0. The van der Waals surface area contributed by atoms with Crippen molar-refractivity contribution < 1.29 is 9.16 Å². The van der Waals surface area contributed by atoms with Crippen LogP contribution in [0.2, 0.25) is 19.6 Å². The zero-order chi connectivity index (χ0) is 13.2. The topological polar surface area (TPSA) is 18.5 Å². The molecule has 2 atom stereocenters. The zero-order valence-corrected chi connectivity index (χ0v) is 12.9. The van der Waals surface area contributed by atoms with Crippen LogP contribution in [-0.2, 0) is 9.16 Å². The Labute approximate surface area is 111 Å². The van der Waals surface area contributed by atoms with Crippen LogP contribution in [0.25, 0.3) is 0 Å². The first-order valence-corrected chi connectivity index (χ1v) is 10.2. The van der Waals surface area contributed by atoms with Gasteiger partial charge in [-0.15, -0.1) is 0 Å². The van der Waals surface area contributed by atoms with Crippen molar-refractivity contribution in [3.8, 4) is 0 Å². The van der Waals surface area contributed by atoms with Gasteiger partial charge in [0, 0.05) is 5.92 Å². The minimum absolute atomic E-state index is 0.475. The highest BCUT2D eigenvalue weighted by molar-refractivity contribution is 6.69. The van der Waals surface area contributed by atoms with Crippen LogP contribution in [0.4, 0.5) is 0 Å². The summed E-state index contributed by atoms with van der Waals surface area (Å²) in [4.78, 5) is 0. The second-order valence-corrected chi connectivity index (χ2v) is 10.7. The molecule has 0 N–H and O–H groups in total. The van der Waals surface area contributed by atoms with E-state index in [-0.39, 0.29) is 0 Å². The average Bonchev–Trinajstić information content (AvgIpc) is 2.66. The number of rotatable bonds is 3. The van der Waals surface area contributed by atoms with Crippen LogP contribution in [0.15, 0.2) is 35.5 Å². The van der Waals surface area contributed by atoms with Crippen LogP contribution in [0, 0.1) is 11.8 Å². The maximum absolute atomic E-state index is 6.02. The van der Waals surface area contributed by atoms with Crippen molar-refractivity contribution in [2.75, 3.05) is 19.8 Å². The van der Waals surface area contributed by atoms with Gasteiger partial charge in [0.2, 0.25) is 0 Å². The number of ether oxygens (including phenoxy) is 1. The largest absolute Gasteiger partial charge is 0.413 e. The van der Waals surface area contributed by atoms with E-state index in [0.29, 0.717) is 11.8 Å². The number of hydrogen-bond acceptors (Lipinski definition) is 2. The highest BCUT2D eigenvalue weighted by Gasteiger charge is 2.21. The van der Waals surface area contributed by atoms with Crippen molar-refractivity contribution in [3.63, 3.8) is 0 Å². The van der Waals surface area contributed by atoms with E-state index in [1.54, 1.807) is 0 Å². The number of hydrogen-bond donors (Lipinski definition) is 0. The maximum Gasteiger partial charge on any atom is 0.184 e. The van der Waals surface area contributed by atoms with Gasteiger partial charge in [0.25, 0.3) is 0 Å². The van der Waals surface area contributed by atoms with Crippen LogP contribution < -0.4 is 0 Å². The molecular formula is C15H24O2Si. The first kappa shape index (κ1) is 13.8. The van der Waals surface area contributed by atoms with Gasteiger partial charge in [-0.1, -0.05) is 31.2 Å². The number of fused-ring (bicyclic) bond motifs is 1. The molecule has 0 aromatic carbocycles. The van der Waals surface area contributed by atoms with Crippen LogP contribution in [-0.4, -0.2) is 28.1 Å². The first-order valence-electron chi connectivity index (χ1n) is 6.75. The highest BCUT2D eigenvalue weighted by Crippen LogP contribution is 2.26. The van der Waals surface area contributed by atoms with Gasteiger partial charge in [0.15, 0.2) is 8.32 Å². The fraction of sp³-hybridized carbons (Fsp3) is 0.600. The summed E-state index contributed by atoms with van der Waals surface area (Å²) in [5, 5.41) is 0. The van der Waals surface area contributed by atoms with Crippen LogP contribution in [0.3, 0.4) is 0 Å². The summed E-state index contributed by atoms with van der Waals surface area (Å²) in [5.41, 5.74) is 2.70. The van der Waals surface area contributed by atoms with Crippen LogP contribution >= 0.6 is 0 Å². The second-order valence-electron chi connectivity index (χ2n) is 6.23. The van der Waals surface area contributed by atoms with Crippen molar-refractivity contribution in [3.05, 3.63) is 35.5 Å². The Morgan fingerprint density at radius 1 is 1.33 bits per heavy atom. The third-order valence-corrected chi connectivity index (χ3v) is 4.22. The molecule has 1 aliphatic carbocycles. The number of allylic oxidation sites excluding steroid dienone is 2. The van der Waals surface area contributed by atoms with E-state index in [9.17, 15) is 0 Å². The molecule has 2 aliphatic rings. The molecule has 0 spiro atoms. The molecule has 2 nitrogen and oxygen atoms in total. The van der Waals surface area contributed by atoms with Gasteiger partial charge in [0.1, 0.15) is 0 Å². The molecule has 0 bridgehead atoms. The lowest BCUT2D eigenvalue weighted by atomic mass is 9.94. The standard InChI is InChI=1S/C15H24O2Si/c1-12-5-6-14-10-16-11-15(14)8-13(7-12)9-17-18(2,3)4/h5-8,12,14H,9-11H2,1-4H3/b6-5?,13-7+,15-8-/t12-,14-/m1/s1. The predicted molar refractivity (Wildman–Crippen MR) is 78.1 cm³/mol. The Bertz CT molecular complexity index is 388. The molecule has 18 heavy (non-hydrogen) atoms. The van der Waals surface area contributed by atoms with E-state index in [0.717, 1.165) is 19.8 Å². The first-order chi connectivity index (χ1) is 8.44. The van der Waals surface area contributed by atoms with E-state index in [4.69, 9.17) is 9.16 Å². The summed E-state index contributed by atoms with van der Waals surface area (Å²) >= 11 is 0. The van der Waals surface area contributed by atoms with E-state index in [2.05, 4.69) is 50.9 Å². The lowest BCUT2D eigenvalue weighted by Gasteiger charge is -2.19. The predicted octanol–water partition coefficient (Wildman–Crippen LogP) is 3.54. The minimum Gasteiger partial charge on any atom is -0.413 e. The molecule has 0 aromatic rings. The van der Waals surface area contributed by atoms with Gasteiger partial charge in [-0.25, -0.2) is 0 Å². The summed E-state index contributed by atoms with van der Waals surface area (Å²) in [7, 11) is -1.45. The van der Waals surface area contributed by atoms with E-state index < -0.39 is 8.32 Å². The van der Waals surface area contributed by atoms with Crippen LogP contribution in [0.5, 0.6) is 0 Å². The molecule has 1 heterocycles. The summed E-state index contributed by atoms with van der Waals surface area (Å²) in [5.74, 6) is 0.951. The Morgan fingerprint density at radius 2 is 2.11 bits per heavy atom. The van der Waals surface area contributed by atoms with Crippen molar-refractivity contribution in [1.29, 1.82) is 0 Å². The molecule has 1 saturated heterocycles. The Kier molecular flexibility index (Phi) is 4.25. The Balaban J connectivity index is 2.14. The summed E-state index contributed by atoms with van der Waals surface area (Å²) < 4.78 is 11.6. The lowest BCUT2D eigenvalue weighted by molar-refractivity contribution is 0.195. The van der Waals surface area contributed by atoms with Crippen molar-refractivity contribution in [1.82, 2.24) is 0 Å². The van der Waals surface area contributed by atoms with Crippen LogP contribution in [0.1, 0.15) is 6.92 Å². The van der Waals surface area contributed by atoms with Crippen molar-refractivity contribution in [2.24, 2.45) is 11.8 Å². The van der Waals surface area contributed by atoms with Crippen molar-refractivity contribution in [2.45, 2.75) is 26.6 Å². The molecule has 2 rings (SSSR count). The van der Waals surface area contributed by atoms with E-state index >= 15 is 0 Å². The molecule has 3 heteroatoms. The molecule has 0 saturated carbocycles. The van der Waals surface area contributed by atoms with E-state index in [1.807, 2.05) is 0 Å². The van der Waals surface area contributed by atoms with Gasteiger partial charge in [-0.3, -0.25) is 0 Å². The Morgan fingerprint density at radius 3 is 2.83 bits per heavy atom. The minimum atomic E-state index is -1.45. The van der Waals surface area contributed by atoms with Gasteiger partial charge in [-0.2, -0.15) is 0 Å². The maximum atomic E-state index is 6.02. The molecular weight excluding hydrogens is 240 g/mol. The van der Waals surface area contributed by atoms with Gasteiger partial charge in [0.05, 0.1) is 19.8 Å². The molecule has 100 valence electrons. The molecule has 1 aliphatic heterocycles. The molecule has 0 radical (unpaired) electrons. The molecule has 0 unspecified atom stereocenters. The quantitative estimate of drug-likeness (QED) is 0.573. The SMILES string of the molecule is C[C@@H]1C=C[C@@H]2COC/C2=C/C(CO[Si](C)(C)C)=C\1. The van der Waals surface area contributed by atoms with Crippen molar-refractivity contribution >= 4 is 8.32 Å². The fourth-order valence-corrected chi connectivity index (χ4v) is 2.82. The normalized spacial score (nSPS) is 34.0. The van der Waals surface area contributed by atoms with Gasteiger partial charge < -0.3 is 9.16 Å². The van der Waals surface area contributed by atoms with E-state index in [1.165, 1.54) is 11.1 Å². The monoisotopic (exact) mass is 264 g/mol. The molecule has 0 amide bonds. The zero-order valence-electron chi connectivity index (χ0n) is 11.9. The highest BCUT2D eigenvalue weighted by atomic mass is 28.4. The van der Waals surface area contributed by atoms with Gasteiger partial charge >= 0.3 is 0 Å². The van der Waals surface area contributed by atoms with Gasteiger partial charge in [-0.05, 0) is 36.7 Å². The Hall–Kier alpha value is -0.643. The second kappa shape index (κ2) is 5.55. The molecule has 0 aromatic heterocycles. The third-order valence-electron chi connectivity index (χ3n) is 3.21. The average molecular weight is 264 g/mol. The summed E-state index contributed by atoms with van der Waals surface area (Å²) in [6.45, 7) is 11.3. The fourth-order valence-electron chi connectivity index (χ4n) is 2.22.